The minimum atomic E-state index is -1.18. The lowest BCUT2D eigenvalue weighted by atomic mass is 9.98. The molecular weight excluding hydrogens is 406 g/mol. The summed E-state index contributed by atoms with van der Waals surface area (Å²) >= 11 is 0. The van der Waals surface area contributed by atoms with Gasteiger partial charge >= 0.3 is 6.09 Å². The third-order valence-corrected chi connectivity index (χ3v) is 5.96. The maximum Gasteiger partial charge on any atom is 0.407 e. The van der Waals surface area contributed by atoms with Crippen LogP contribution >= 0.6 is 0 Å². The van der Waals surface area contributed by atoms with E-state index in [1.165, 1.54) is 0 Å². The van der Waals surface area contributed by atoms with Crippen molar-refractivity contribution in [3.63, 3.8) is 0 Å². The summed E-state index contributed by atoms with van der Waals surface area (Å²) < 4.78 is 10.6. The minimum Gasteiger partial charge on any atom is -0.497 e. The number of ether oxygens (including phenoxy) is 2. The first-order valence-electron chi connectivity index (χ1n) is 10.6. The Kier molecular flexibility index (Phi) is 6.44. The van der Waals surface area contributed by atoms with Crippen molar-refractivity contribution in [1.82, 2.24) is 5.32 Å². The Labute approximate surface area is 187 Å². The normalized spacial score (nSPS) is 14.2. The van der Waals surface area contributed by atoms with Gasteiger partial charge in [-0.2, -0.15) is 0 Å². The molecule has 1 aliphatic rings. The first kappa shape index (κ1) is 21.9. The summed E-state index contributed by atoms with van der Waals surface area (Å²) in [6, 6.07) is 21.4. The highest BCUT2D eigenvalue weighted by molar-refractivity contribution is 5.79. The number of hydrogen-bond acceptors (Lipinski definition) is 5. The zero-order valence-electron chi connectivity index (χ0n) is 18.1. The van der Waals surface area contributed by atoms with Gasteiger partial charge < -0.3 is 25.0 Å². The molecule has 1 amide bonds. The van der Waals surface area contributed by atoms with E-state index in [1.54, 1.807) is 25.3 Å². The predicted molar refractivity (Wildman–Crippen MR) is 122 cm³/mol. The molecule has 32 heavy (non-hydrogen) atoms. The van der Waals surface area contributed by atoms with E-state index >= 15 is 0 Å². The van der Waals surface area contributed by atoms with Gasteiger partial charge in [-0.25, -0.2) is 4.79 Å². The van der Waals surface area contributed by atoms with Crippen LogP contribution < -0.4 is 10.1 Å². The zero-order valence-corrected chi connectivity index (χ0v) is 18.1. The van der Waals surface area contributed by atoms with Crippen molar-refractivity contribution in [2.45, 2.75) is 25.0 Å². The minimum absolute atomic E-state index is 0.0365. The molecule has 2 unspecified atom stereocenters. The van der Waals surface area contributed by atoms with E-state index < -0.39 is 18.3 Å². The molecule has 0 saturated carbocycles. The van der Waals surface area contributed by atoms with Gasteiger partial charge in [0, 0.05) is 12.5 Å². The lowest BCUT2D eigenvalue weighted by Crippen LogP contribution is -2.36. The van der Waals surface area contributed by atoms with Crippen molar-refractivity contribution in [3.05, 3.63) is 89.0 Å². The molecule has 3 N–H and O–H groups in total. The maximum absolute atomic E-state index is 12.3. The number of methoxy groups -OCH3 is 1. The fourth-order valence-electron chi connectivity index (χ4n) is 4.26. The maximum atomic E-state index is 12.3. The Balaban J connectivity index is 1.34. The van der Waals surface area contributed by atoms with Gasteiger partial charge in [-0.3, -0.25) is 0 Å². The number of alkyl carbamates (subject to hydrolysis) is 1. The SMILES string of the molecule is COc1ccc(C(O)C(O)CNC(=O)OCC2c3ccccc3-c3ccccc32)c(C)c1. The van der Waals surface area contributed by atoms with Crippen molar-refractivity contribution in [2.24, 2.45) is 0 Å². The second-order valence-corrected chi connectivity index (χ2v) is 7.94. The van der Waals surface area contributed by atoms with Gasteiger partial charge in [0.2, 0.25) is 0 Å². The van der Waals surface area contributed by atoms with E-state index in [9.17, 15) is 15.0 Å². The van der Waals surface area contributed by atoms with Crippen LogP contribution in [0.5, 0.6) is 5.75 Å². The van der Waals surface area contributed by atoms with Gasteiger partial charge in [0.15, 0.2) is 0 Å². The van der Waals surface area contributed by atoms with Crippen LogP contribution in [0.25, 0.3) is 11.1 Å². The number of amides is 1. The fourth-order valence-corrected chi connectivity index (χ4v) is 4.26. The van der Waals surface area contributed by atoms with E-state index in [1.807, 2.05) is 31.2 Å². The highest BCUT2D eigenvalue weighted by Crippen LogP contribution is 2.44. The second-order valence-electron chi connectivity index (χ2n) is 7.94. The number of nitrogens with one attached hydrogen (secondary N) is 1. The smallest absolute Gasteiger partial charge is 0.407 e. The van der Waals surface area contributed by atoms with Crippen LogP contribution in [0.4, 0.5) is 4.79 Å². The Morgan fingerprint density at radius 3 is 2.22 bits per heavy atom. The number of hydrogen-bond donors (Lipinski definition) is 3. The summed E-state index contributed by atoms with van der Waals surface area (Å²) in [5.41, 5.74) is 5.94. The van der Waals surface area contributed by atoms with E-state index in [0.717, 1.165) is 27.8 Å². The fraction of sp³-hybridized carbons (Fsp3) is 0.269. The number of carbonyl (C=O) groups excluding carboxylic acids is 1. The van der Waals surface area contributed by atoms with Gasteiger partial charge in [-0.05, 0) is 52.4 Å². The average molecular weight is 434 g/mol. The Morgan fingerprint density at radius 2 is 1.62 bits per heavy atom. The Hall–Kier alpha value is -3.35. The van der Waals surface area contributed by atoms with E-state index in [0.29, 0.717) is 11.3 Å². The molecule has 0 aliphatic heterocycles. The molecule has 0 saturated heterocycles. The number of aliphatic hydroxyl groups excluding tert-OH is 2. The van der Waals surface area contributed by atoms with Crippen LogP contribution in [0.1, 0.15) is 34.3 Å². The van der Waals surface area contributed by atoms with Gasteiger partial charge in [0.1, 0.15) is 24.6 Å². The zero-order chi connectivity index (χ0) is 22.7. The number of aryl methyl sites for hydroxylation is 1. The average Bonchev–Trinajstić information content (AvgIpc) is 3.14. The third-order valence-electron chi connectivity index (χ3n) is 5.96. The number of carbonyl (C=O) groups is 1. The van der Waals surface area contributed by atoms with Gasteiger partial charge in [-0.1, -0.05) is 54.6 Å². The molecule has 0 radical (unpaired) electrons. The van der Waals surface area contributed by atoms with Crippen LogP contribution in [0, 0.1) is 6.92 Å². The summed E-state index contributed by atoms with van der Waals surface area (Å²) in [5, 5.41) is 23.4. The molecule has 1 aliphatic carbocycles. The monoisotopic (exact) mass is 433 g/mol. The molecule has 2 atom stereocenters. The topological polar surface area (TPSA) is 88.0 Å². The van der Waals surface area contributed by atoms with Crippen molar-refractivity contribution in [1.29, 1.82) is 0 Å². The van der Waals surface area contributed by atoms with Gasteiger partial charge in [-0.15, -0.1) is 0 Å². The molecule has 6 heteroatoms. The van der Waals surface area contributed by atoms with Crippen molar-refractivity contribution in [3.8, 4) is 16.9 Å². The molecule has 0 aromatic heterocycles. The molecule has 0 fully saturated rings. The summed E-state index contributed by atoms with van der Waals surface area (Å²) in [5.74, 6) is 0.635. The second kappa shape index (κ2) is 9.42. The van der Waals surface area contributed by atoms with Crippen molar-refractivity contribution >= 4 is 6.09 Å². The summed E-state index contributed by atoms with van der Waals surface area (Å²) in [6.07, 6.45) is -2.96. The Morgan fingerprint density at radius 1 is 1.00 bits per heavy atom. The van der Waals surface area contributed by atoms with Gasteiger partial charge in [0.05, 0.1) is 7.11 Å². The summed E-state index contributed by atoms with van der Waals surface area (Å²) in [4.78, 5) is 12.3. The first-order valence-corrected chi connectivity index (χ1v) is 10.6. The van der Waals surface area contributed by atoms with Crippen molar-refractivity contribution in [2.75, 3.05) is 20.3 Å². The number of benzene rings is 3. The molecule has 4 rings (SSSR count). The van der Waals surface area contributed by atoms with E-state index in [4.69, 9.17) is 9.47 Å². The van der Waals surface area contributed by atoms with E-state index in [2.05, 4.69) is 29.6 Å². The molecule has 3 aromatic carbocycles. The number of aliphatic hydroxyl groups is 2. The lowest BCUT2D eigenvalue weighted by molar-refractivity contribution is 0.0182. The first-order chi connectivity index (χ1) is 15.5. The molecule has 0 heterocycles. The lowest BCUT2D eigenvalue weighted by Gasteiger charge is -2.21. The number of rotatable bonds is 7. The molecule has 0 spiro atoms. The van der Waals surface area contributed by atoms with Crippen LogP contribution in [0.2, 0.25) is 0 Å². The Bertz CT molecular complexity index is 1070. The molecule has 166 valence electrons. The van der Waals surface area contributed by atoms with E-state index in [-0.39, 0.29) is 19.1 Å². The predicted octanol–water partition coefficient (Wildman–Crippen LogP) is 3.94. The molecule has 0 bridgehead atoms. The quantitative estimate of drug-likeness (QED) is 0.525. The standard InChI is InChI=1S/C26H27NO5/c1-16-13-17(31-2)11-12-18(16)25(29)24(28)14-27-26(30)32-15-23-21-9-5-3-7-19(21)20-8-4-6-10-22(20)23/h3-13,23-25,28-29H,14-15H2,1-2H3,(H,27,30). The van der Waals surface area contributed by atoms with Crippen molar-refractivity contribution < 1.29 is 24.5 Å². The highest BCUT2D eigenvalue weighted by Gasteiger charge is 2.29. The highest BCUT2D eigenvalue weighted by atomic mass is 16.5. The summed E-state index contributed by atoms with van der Waals surface area (Å²) in [7, 11) is 1.57. The summed E-state index contributed by atoms with van der Waals surface area (Å²) in [6.45, 7) is 1.88. The number of fused-ring (bicyclic) bond motifs is 3. The van der Waals surface area contributed by atoms with Crippen LogP contribution in [-0.4, -0.2) is 42.7 Å². The van der Waals surface area contributed by atoms with Crippen LogP contribution in [0.15, 0.2) is 66.7 Å². The van der Waals surface area contributed by atoms with Crippen LogP contribution in [-0.2, 0) is 4.74 Å². The molecule has 6 nitrogen and oxygen atoms in total. The third kappa shape index (κ3) is 4.33. The molecule has 3 aromatic rings. The van der Waals surface area contributed by atoms with Crippen LogP contribution in [0.3, 0.4) is 0 Å². The van der Waals surface area contributed by atoms with Gasteiger partial charge in [0.25, 0.3) is 0 Å². The largest absolute Gasteiger partial charge is 0.497 e. The molecular formula is C26H27NO5.